The number of anilines is 1. The van der Waals surface area contributed by atoms with Crippen LogP contribution >= 0.6 is 0 Å². The third-order valence-corrected chi connectivity index (χ3v) is 3.77. The standard InChI is InChI=1S/C21H26N2O3/c1-5-19(26-18-8-6-7-15(4)13-18)21(25)23-17-11-9-16(10-12-17)20(24)22-14(2)3/h6-14,19H,5H2,1-4H3,(H,22,24)(H,23,25). The highest BCUT2D eigenvalue weighted by atomic mass is 16.5. The molecule has 1 atom stereocenters. The van der Waals surface area contributed by atoms with Crippen molar-refractivity contribution in [1.29, 1.82) is 0 Å². The van der Waals surface area contributed by atoms with Crippen LogP contribution in [0.2, 0.25) is 0 Å². The number of ether oxygens (including phenoxy) is 1. The van der Waals surface area contributed by atoms with E-state index < -0.39 is 6.10 Å². The van der Waals surface area contributed by atoms with Gasteiger partial charge in [0.05, 0.1) is 0 Å². The molecule has 26 heavy (non-hydrogen) atoms. The molecule has 2 N–H and O–H groups in total. The molecular formula is C21H26N2O3. The quantitative estimate of drug-likeness (QED) is 0.792. The molecule has 2 rings (SSSR count). The topological polar surface area (TPSA) is 67.4 Å². The first kappa shape index (κ1) is 19.5. The van der Waals surface area contributed by atoms with Crippen LogP contribution in [0.3, 0.4) is 0 Å². The number of benzene rings is 2. The molecule has 2 aromatic rings. The van der Waals surface area contributed by atoms with Crippen molar-refractivity contribution in [2.45, 2.75) is 46.3 Å². The summed E-state index contributed by atoms with van der Waals surface area (Å²) >= 11 is 0. The molecule has 2 aromatic carbocycles. The van der Waals surface area contributed by atoms with Gasteiger partial charge in [0.2, 0.25) is 0 Å². The highest BCUT2D eigenvalue weighted by molar-refractivity contribution is 5.97. The van der Waals surface area contributed by atoms with Crippen molar-refractivity contribution in [3.05, 3.63) is 59.7 Å². The lowest BCUT2D eigenvalue weighted by Crippen LogP contribution is -2.32. The third-order valence-electron chi connectivity index (χ3n) is 3.77. The number of hydrogen-bond donors (Lipinski definition) is 2. The van der Waals surface area contributed by atoms with Gasteiger partial charge in [-0.15, -0.1) is 0 Å². The molecule has 0 saturated carbocycles. The fourth-order valence-corrected chi connectivity index (χ4v) is 2.45. The fourth-order valence-electron chi connectivity index (χ4n) is 2.45. The third kappa shape index (κ3) is 5.62. The van der Waals surface area contributed by atoms with Crippen LogP contribution in [0.4, 0.5) is 5.69 Å². The minimum atomic E-state index is -0.583. The first-order chi connectivity index (χ1) is 12.4. The summed E-state index contributed by atoms with van der Waals surface area (Å²) in [6.45, 7) is 7.70. The van der Waals surface area contributed by atoms with E-state index in [0.29, 0.717) is 23.4 Å². The van der Waals surface area contributed by atoms with Crippen LogP contribution in [0, 0.1) is 6.92 Å². The Morgan fingerprint density at radius 3 is 2.35 bits per heavy atom. The second kappa shape index (κ2) is 9.04. The van der Waals surface area contributed by atoms with Gasteiger partial charge in [-0.3, -0.25) is 9.59 Å². The van der Waals surface area contributed by atoms with Crippen molar-refractivity contribution in [2.24, 2.45) is 0 Å². The molecule has 0 aliphatic heterocycles. The molecule has 0 aliphatic rings. The molecular weight excluding hydrogens is 328 g/mol. The maximum absolute atomic E-state index is 12.5. The van der Waals surface area contributed by atoms with E-state index in [1.54, 1.807) is 24.3 Å². The van der Waals surface area contributed by atoms with Gasteiger partial charge in [0, 0.05) is 17.3 Å². The van der Waals surface area contributed by atoms with Gasteiger partial charge in [-0.05, 0) is 69.2 Å². The van der Waals surface area contributed by atoms with Crippen LogP contribution in [0.25, 0.3) is 0 Å². The zero-order valence-corrected chi connectivity index (χ0v) is 15.7. The lowest BCUT2D eigenvalue weighted by atomic mass is 10.1. The zero-order chi connectivity index (χ0) is 19.1. The molecule has 138 valence electrons. The summed E-state index contributed by atoms with van der Waals surface area (Å²) < 4.78 is 5.81. The van der Waals surface area contributed by atoms with Crippen LogP contribution in [-0.2, 0) is 4.79 Å². The van der Waals surface area contributed by atoms with Gasteiger partial charge in [0.1, 0.15) is 5.75 Å². The first-order valence-corrected chi connectivity index (χ1v) is 8.84. The van der Waals surface area contributed by atoms with Crippen molar-refractivity contribution in [1.82, 2.24) is 5.32 Å². The highest BCUT2D eigenvalue weighted by Gasteiger charge is 2.19. The van der Waals surface area contributed by atoms with E-state index in [-0.39, 0.29) is 17.9 Å². The van der Waals surface area contributed by atoms with Crippen LogP contribution < -0.4 is 15.4 Å². The van der Waals surface area contributed by atoms with E-state index in [1.165, 1.54) is 0 Å². The largest absolute Gasteiger partial charge is 0.481 e. The highest BCUT2D eigenvalue weighted by Crippen LogP contribution is 2.17. The second-order valence-electron chi connectivity index (χ2n) is 6.53. The molecule has 0 saturated heterocycles. The summed E-state index contributed by atoms with van der Waals surface area (Å²) in [5.41, 5.74) is 2.26. The summed E-state index contributed by atoms with van der Waals surface area (Å²) in [6, 6.07) is 14.5. The molecule has 5 heteroatoms. The average Bonchev–Trinajstić information content (AvgIpc) is 2.59. The van der Waals surface area contributed by atoms with E-state index in [0.717, 1.165) is 5.56 Å². The molecule has 2 amide bonds. The maximum Gasteiger partial charge on any atom is 0.265 e. The van der Waals surface area contributed by atoms with Crippen molar-refractivity contribution in [2.75, 3.05) is 5.32 Å². The minimum Gasteiger partial charge on any atom is -0.481 e. The molecule has 0 spiro atoms. The van der Waals surface area contributed by atoms with Crippen LogP contribution in [0.15, 0.2) is 48.5 Å². The Kier molecular flexibility index (Phi) is 6.78. The SMILES string of the molecule is CCC(Oc1cccc(C)c1)C(=O)Nc1ccc(C(=O)NC(C)C)cc1. The Balaban J connectivity index is 1.99. The number of carbonyl (C=O) groups is 2. The Hall–Kier alpha value is -2.82. The van der Waals surface area contributed by atoms with Crippen molar-refractivity contribution in [3.8, 4) is 5.75 Å². The zero-order valence-electron chi connectivity index (χ0n) is 15.7. The molecule has 0 aliphatic carbocycles. The maximum atomic E-state index is 12.5. The van der Waals surface area contributed by atoms with E-state index in [2.05, 4.69) is 10.6 Å². The van der Waals surface area contributed by atoms with Gasteiger partial charge in [-0.2, -0.15) is 0 Å². The summed E-state index contributed by atoms with van der Waals surface area (Å²) in [4.78, 5) is 24.4. The Labute approximate surface area is 154 Å². The van der Waals surface area contributed by atoms with E-state index in [9.17, 15) is 9.59 Å². The summed E-state index contributed by atoms with van der Waals surface area (Å²) in [6.07, 6.45) is -0.0324. The lowest BCUT2D eigenvalue weighted by Gasteiger charge is -2.17. The van der Waals surface area contributed by atoms with Gasteiger partial charge >= 0.3 is 0 Å². The summed E-state index contributed by atoms with van der Waals surface area (Å²) in [5, 5.41) is 5.67. The van der Waals surface area contributed by atoms with Gasteiger partial charge in [0.15, 0.2) is 6.10 Å². The number of rotatable bonds is 7. The molecule has 0 bridgehead atoms. The van der Waals surface area contributed by atoms with E-state index >= 15 is 0 Å². The van der Waals surface area contributed by atoms with Crippen LogP contribution in [0.1, 0.15) is 43.1 Å². The van der Waals surface area contributed by atoms with Crippen molar-refractivity contribution < 1.29 is 14.3 Å². The average molecular weight is 354 g/mol. The lowest BCUT2D eigenvalue weighted by molar-refractivity contribution is -0.122. The van der Waals surface area contributed by atoms with Crippen molar-refractivity contribution >= 4 is 17.5 Å². The predicted octanol–water partition coefficient (Wildman–Crippen LogP) is 3.93. The fraction of sp³-hybridized carbons (Fsp3) is 0.333. The van der Waals surface area contributed by atoms with Gasteiger partial charge in [-0.25, -0.2) is 0 Å². The molecule has 0 heterocycles. The summed E-state index contributed by atoms with van der Waals surface area (Å²) in [5.74, 6) is 0.327. The van der Waals surface area contributed by atoms with E-state index in [4.69, 9.17) is 4.74 Å². The normalized spacial score (nSPS) is 11.7. The molecule has 0 fully saturated rings. The van der Waals surface area contributed by atoms with E-state index in [1.807, 2.05) is 52.0 Å². The summed E-state index contributed by atoms with van der Waals surface area (Å²) in [7, 11) is 0. The van der Waals surface area contributed by atoms with Crippen LogP contribution in [0.5, 0.6) is 5.75 Å². The first-order valence-electron chi connectivity index (χ1n) is 8.84. The molecule has 0 aromatic heterocycles. The minimum absolute atomic E-state index is 0.0750. The molecule has 1 unspecified atom stereocenters. The molecule has 0 radical (unpaired) electrons. The Bertz CT molecular complexity index is 754. The number of nitrogens with one attached hydrogen (secondary N) is 2. The predicted molar refractivity (Wildman–Crippen MR) is 104 cm³/mol. The Morgan fingerprint density at radius 2 is 1.77 bits per heavy atom. The van der Waals surface area contributed by atoms with Gasteiger partial charge in [0.25, 0.3) is 11.8 Å². The van der Waals surface area contributed by atoms with Gasteiger partial charge in [-0.1, -0.05) is 19.1 Å². The smallest absolute Gasteiger partial charge is 0.265 e. The second-order valence-corrected chi connectivity index (χ2v) is 6.53. The Morgan fingerprint density at radius 1 is 1.08 bits per heavy atom. The molecule has 5 nitrogen and oxygen atoms in total. The van der Waals surface area contributed by atoms with Crippen molar-refractivity contribution in [3.63, 3.8) is 0 Å². The number of amides is 2. The monoisotopic (exact) mass is 354 g/mol. The number of carbonyl (C=O) groups excluding carboxylic acids is 2. The van der Waals surface area contributed by atoms with Gasteiger partial charge < -0.3 is 15.4 Å². The van der Waals surface area contributed by atoms with Crippen LogP contribution in [-0.4, -0.2) is 24.0 Å². The number of hydrogen-bond acceptors (Lipinski definition) is 3. The number of aryl methyl sites for hydroxylation is 1.